The van der Waals surface area contributed by atoms with Gasteiger partial charge in [0, 0.05) is 12.4 Å². The summed E-state index contributed by atoms with van der Waals surface area (Å²) in [7, 11) is -2.91. The Morgan fingerprint density at radius 2 is 2.19 bits per heavy atom. The van der Waals surface area contributed by atoms with Crippen LogP contribution in [-0.4, -0.2) is 43.3 Å². The number of hydrogen-bond acceptors (Lipinski definition) is 4. The average molecular weight is 250 g/mol. The lowest BCUT2D eigenvalue weighted by Crippen LogP contribution is -2.38. The van der Waals surface area contributed by atoms with Crippen molar-refractivity contribution in [2.45, 2.75) is 51.2 Å². The lowest BCUT2D eigenvalue weighted by molar-refractivity contribution is -0.0803. The van der Waals surface area contributed by atoms with E-state index in [1.54, 1.807) is 6.92 Å². The van der Waals surface area contributed by atoms with Gasteiger partial charge in [0.15, 0.2) is 0 Å². The van der Waals surface area contributed by atoms with E-state index in [0.29, 0.717) is 19.4 Å². The second-order valence-electron chi connectivity index (χ2n) is 4.66. The SMILES string of the molecule is CCS(=O)(=O)CCCC(O)C1(C)CCCO1. The maximum absolute atomic E-state index is 11.3. The number of aliphatic hydroxyl groups is 1. The lowest BCUT2D eigenvalue weighted by Gasteiger charge is -2.29. The fraction of sp³-hybridized carbons (Fsp3) is 1.00. The molecule has 4 nitrogen and oxygen atoms in total. The molecule has 2 atom stereocenters. The lowest BCUT2D eigenvalue weighted by atomic mass is 9.93. The van der Waals surface area contributed by atoms with Crippen molar-refractivity contribution in [2.75, 3.05) is 18.1 Å². The predicted molar refractivity (Wildman–Crippen MR) is 63.2 cm³/mol. The van der Waals surface area contributed by atoms with E-state index in [1.165, 1.54) is 0 Å². The van der Waals surface area contributed by atoms with Gasteiger partial charge in [-0.15, -0.1) is 0 Å². The van der Waals surface area contributed by atoms with Crippen LogP contribution in [0.3, 0.4) is 0 Å². The summed E-state index contributed by atoms with van der Waals surface area (Å²) in [5, 5.41) is 9.96. The molecule has 1 fully saturated rings. The predicted octanol–water partition coefficient (Wildman–Crippen LogP) is 1.13. The molecule has 16 heavy (non-hydrogen) atoms. The van der Waals surface area contributed by atoms with Crippen LogP contribution < -0.4 is 0 Å². The molecular formula is C11H22O4S. The van der Waals surface area contributed by atoms with Crippen LogP contribution in [0.15, 0.2) is 0 Å². The summed E-state index contributed by atoms with van der Waals surface area (Å²) in [5.41, 5.74) is -0.462. The largest absolute Gasteiger partial charge is 0.390 e. The molecule has 1 saturated heterocycles. The molecule has 0 spiro atoms. The third kappa shape index (κ3) is 3.71. The number of hydrogen-bond donors (Lipinski definition) is 1. The van der Waals surface area contributed by atoms with E-state index in [4.69, 9.17) is 4.74 Å². The van der Waals surface area contributed by atoms with E-state index in [1.807, 2.05) is 6.92 Å². The molecule has 1 rings (SSSR count). The summed E-state index contributed by atoms with van der Waals surface area (Å²) >= 11 is 0. The molecule has 2 unspecified atom stereocenters. The summed E-state index contributed by atoms with van der Waals surface area (Å²) in [6.45, 7) is 4.24. The van der Waals surface area contributed by atoms with Crippen LogP contribution in [0.4, 0.5) is 0 Å². The zero-order chi connectivity index (χ0) is 12.2. The van der Waals surface area contributed by atoms with Crippen molar-refractivity contribution in [1.29, 1.82) is 0 Å². The van der Waals surface area contributed by atoms with Crippen LogP contribution >= 0.6 is 0 Å². The molecule has 1 aliphatic heterocycles. The number of aliphatic hydroxyl groups excluding tert-OH is 1. The Morgan fingerprint density at radius 3 is 2.69 bits per heavy atom. The van der Waals surface area contributed by atoms with Crippen LogP contribution in [0.1, 0.15) is 39.5 Å². The van der Waals surface area contributed by atoms with Crippen molar-refractivity contribution in [2.24, 2.45) is 0 Å². The Kier molecular flexibility index (Phi) is 4.76. The molecule has 1 N–H and O–H groups in total. The molecule has 0 aromatic heterocycles. The first-order valence-corrected chi connectivity index (χ1v) is 7.74. The Hall–Kier alpha value is -0.130. The molecule has 0 aromatic carbocycles. The van der Waals surface area contributed by atoms with E-state index in [9.17, 15) is 13.5 Å². The minimum absolute atomic E-state index is 0.163. The maximum atomic E-state index is 11.3. The molecule has 5 heteroatoms. The Bertz CT molecular complexity index is 304. The second kappa shape index (κ2) is 5.47. The molecular weight excluding hydrogens is 228 g/mol. The summed E-state index contributed by atoms with van der Waals surface area (Å²) in [4.78, 5) is 0. The highest BCUT2D eigenvalue weighted by atomic mass is 32.2. The van der Waals surface area contributed by atoms with Gasteiger partial charge in [0.2, 0.25) is 0 Å². The fourth-order valence-corrected chi connectivity index (χ4v) is 2.90. The first-order valence-electron chi connectivity index (χ1n) is 5.92. The minimum atomic E-state index is -2.91. The van der Waals surface area contributed by atoms with Gasteiger partial charge in [-0.2, -0.15) is 0 Å². The maximum Gasteiger partial charge on any atom is 0.150 e. The molecule has 0 bridgehead atoms. The normalized spacial score (nSPS) is 28.2. The van der Waals surface area contributed by atoms with Crippen LogP contribution in [0.5, 0.6) is 0 Å². The van der Waals surface area contributed by atoms with Gasteiger partial charge in [-0.05, 0) is 32.6 Å². The smallest absolute Gasteiger partial charge is 0.150 e. The Morgan fingerprint density at radius 1 is 1.50 bits per heavy atom. The zero-order valence-corrected chi connectivity index (χ0v) is 10.9. The number of rotatable bonds is 6. The van der Waals surface area contributed by atoms with Crippen LogP contribution in [0, 0.1) is 0 Å². The number of ether oxygens (including phenoxy) is 1. The van der Waals surface area contributed by atoms with Crippen LogP contribution in [0.2, 0.25) is 0 Å². The molecule has 0 amide bonds. The van der Waals surface area contributed by atoms with E-state index in [-0.39, 0.29) is 11.5 Å². The van der Waals surface area contributed by atoms with E-state index >= 15 is 0 Å². The quantitative estimate of drug-likeness (QED) is 0.767. The highest BCUT2D eigenvalue weighted by Crippen LogP contribution is 2.30. The van der Waals surface area contributed by atoms with Gasteiger partial charge in [0.1, 0.15) is 9.84 Å². The zero-order valence-electron chi connectivity index (χ0n) is 10.1. The molecule has 0 aliphatic carbocycles. The van der Waals surface area contributed by atoms with Gasteiger partial charge in [-0.3, -0.25) is 0 Å². The molecule has 1 heterocycles. The summed E-state index contributed by atoms with van der Waals surface area (Å²) in [5.74, 6) is 0.341. The minimum Gasteiger partial charge on any atom is -0.390 e. The van der Waals surface area contributed by atoms with E-state index < -0.39 is 21.5 Å². The van der Waals surface area contributed by atoms with Gasteiger partial charge in [-0.25, -0.2) is 8.42 Å². The van der Waals surface area contributed by atoms with Gasteiger partial charge in [0.05, 0.1) is 17.5 Å². The highest BCUT2D eigenvalue weighted by Gasteiger charge is 2.36. The third-order valence-electron chi connectivity index (χ3n) is 3.33. The summed E-state index contributed by atoms with van der Waals surface area (Å²) in [6, 6.07) is 0. The summed E-state index contributed by atoms with van der Waals surface area (Å²) < 4.78 is 28.0. The topological polar surface area (TPSA) is 63.6 Å². The molecule has 0 aromatic rings. The van der Waals surface area contributed by atoms with Crippen molar-refractivity contribution in [3.05, 3.63) is 0 Å². The van der Waals surface area contributed by atoms with Crippen LogP contribution in [-0.2, 0) is 14.6 Å². The van der Waals surface area contributed by atoms with Crippen LogP contribution in [0.25, 0.3) is 0 Å². The van der Waals surface area contributed by atoms with Gasteiger partial charge in [-0.1, -0.05) is 6.92 Å². The van der Waals surface area contributed by atoms with Crippen molar-refractivity contribution >= 4 is 9.84 Å². The standard InChI is InChI=1S/C11H22O4S/c1-3-16(13,14)9-4-6-10(12)11(2)7-5-8-15-11/h10,12H,3-9H2,1-2H3. The van der Waals surface area contributed by atoms with Gasteiger partial charge in [0.25, 0.3) is 0 Å². The number of sulfone groups is 1. The third-order valence-corrected chi connectivity index (χ3v) is 5.12. The average Bonchev–Trinajstić information content (AvgIpc) is 2.66. The molecule has 0 radical (unpaired) electrons. The van der Waals surface area contributed by atoms with Crippen molar-refractivity contribution in [3.8, 4) is 0 Å². The fourth-order valence-electron chi connectivity index (χ4n) is 2.01. The first-order chi connectivity index (χ1) is 7.40. The first kappa shape index (κ1) is 13.9. The van der Waals surface area contributed by atoms with Crippen molar-refractivity contribution < 1.29 is 18.3 Å². The van der Waals surface area contributed by atoms with Gasteiger partial charge >= 0.3 is 0 Å². The van der Waals surface area contributed by atoms with E-state index in [2.05, 4.69) is 0 Å². The van der Waals surface area contributed by atoms with Gasteiger partial charge < -0.3 is 9.84 Å². The Balaban J connectivity index is 2.33. The molecule has 96 valence electrons. The monoisotopic (exact) mass is 250 g/mol. The highest BCUT2D eigenvalue weighted by molar-refractivity contribution is 7.91. The van der Waals surface area contributed by atoms with E-state index in [0.717, 1.165) is 12.8 Å². The second-order valence-corrected chi connectivity index (χ2v) is 7.13. The summed E-state index contributed by atoms with van der Waals surface area (Å²) in [6.07, 6.45) is 2.28. The van der Waals surface area contributed by atoms with Crippen molar-refractivity contribution in [3.63, 3.8) is 0 Å². The Labute approximate surface area is 97.9 Å². The molecule has 0 saturated carbocycles. The van der Waals surface area contributed by atoms with Crippen molar-refractivity contribution in [1.82, 2.24) is 0 Å². The molecule has 1 aliphatic rings.